The first-order valence-corrected chi connectivity index (χ1v) is 5.38. The van der Waals surface area contributed by atoms with E-state index in [0.717, 1.165) is 22.5 Å². The molecule has 0 aliphatic carbocycles. The molecule has 0 aromatic carbocycles. The van der Waals surface area contributed by atoms with Crippen LogP contribution in [-0.4, -0.2) is 19.7 Å². The van der Waals surface area contributed by atoms with E-state index in [1.807, 2.05) is 34.0 Å². The van der Waals surface area contributed by atoms with E-state index >= 15 is 0 Å². The summed E-state index contributed by atoms with van der Waals surface area (Å²) in [5.74, 6) is 0.638. The van der Waals surface area contributed by atoms with Gasteiger partial charge in [-0.15, -0.1) is 0 Å². The molecule has 0 spiro atoms. The third kappa shape index (κ3) is 1.80. The van der Waals surface area contributed by atoms with E-state index in [-0.39, 0.29) is 0 Å². The molecule has 0 unspecified atom stereocenters. The van der Waals surface area contributed by atoms with Crippen molar-refractivity contribution in [3.8, 4) is 11.4 Å². The van der Waals surface area contributed by atoms with Gasteiger partial charge in [0.1, 0.15) is 5.15 Å². The number of nitrogens with zero attached hydrogens (tertiary/aromatic N) is 4. The lowest BCUT2D eigenvalue weighted by Gasteiger charge is -2.04. The van der Waals surface area contributed by atoms with Crippen LogP contribution in [0.3, 0.4) is 0 Å². The molecule has 0 radical (unpaired) electrons. The molecule has 0 amide bonds. The fourth-order valence-electron chi connectivity index (χ4n) is 1.53. The van der Waals surface area contributed by atoms with Gasteiger partial charge >= 0.3 is 0 Å². The van der Waals surface area contributed by atoms with E-state index in [4.69, 9.17) is 11.6 Å². The Bertz CT molecular complexity index is 522. The first kappa shape index (κ1) is 11.1. The molecule has 84 valence electrons. The van der Waals surface area contributed by atoms with Crippen LogP contribution in [0.25, 0.3) is 11.4 Å². The van der Waals surface area contributed by atoms with Gasteiger partial charge in [0.2, 0.25) is 0 Å². The normalized spacial score (nSPS) is 10.8. The quantitative estimate of drug-likeness (QED) is 0.715. The molecule has 0 fully saturated rings. The van der Waals surface area contributed by atoms with E-state index in [0.29, 0.717) is 11.0 Å². The smallest absolute Gasteiger partial charge is 0.164 e. The molecule has 0 saturated heterocycles. The minimum atomic E-state index is 0.505. The highest BCUT2D eigenvalue weighted by Gasteiger charge is 2.12. The summed E-state index contributed by atoms with van der Waals surface area (Å²) in [6.45, 7) is 5.78. The SMILES string of the molecule is Cc1nn(C)cc1-c1nc(C)c(C)c(Cl)n1. The first-order valence-electron chi connectivity index (χ1n) is 5.00. The number of hydrogen-bond acceptors (Lipinski definition) is 3. The Morgan fingerprint density at radius 3 is 2.31 bits per heavy atom. The molecule has 0 aliphatic rings. The lowest BCUT2D eigenvalue weighted by molar-refractivity contribution is 0.756. The van der Waals surface area contributed by atoms with Gasteiger partial charge < -0.3 is 0 Å². The van der Waals surface area contributed by atoms with Crippen LogP contribution in [-0.2, 0) is 7.05 Å². The number of aryl methyl sites for hydroxylation is 3. The summed E-state index contributed by atoms with van der Waals surface area (Å²) in [7, 11) is 1.87. The van der Waals surface area contributed by atoms with E-state index in [1.165, 1.54) is 0 Å². The summed E-state index contributed by atoms with van der Waals surface area (Å²) in [5.41, 5.74) is 3.65. The van der Waals surface area contributed by atoms with Crippen molar-refractivity contribution in [2.45, 2.75) is 20.8 Å². The van der Waals surface area contributed by atoms with Gasteiger partial charge in [-0.2, -0.15) is 5.10 Å². The summed E-state index contributed by atoms with van der Waals surface area (Å²) < 4.78 is 1.75. The minimum absolute atomic E-state index is 0.505. The van der Waals surface area contributed by atoms with Crippen LogP contribution < -0.4 is 0 Å². The zero-order valence-electron chi connectivity index (χ0n) is 9.74. The Balaban J connectivity index is 2.61. The predicted molar refractivity (Wildman–Crippen MR) is 63.5 cm³/mol. The zero-order valence-corrected chi connectivity index (χ0v) is 10.5. The molecule has 0 bridgehead atoms. The zero-order chi connectivity index (χ0) is 11.9. The lowest BCUT2D eigenvalue weighted by Crippen LogP contribution is -1.96. The lowest BCUT2D eigenvalue weighted by atomic mass is 10.2. The molecule has 0 saturated carbocycles. The Morgan fingerprint density at radius 1 is 1.12 bits per heavy atom. The van der Waals surface area contributed by atoms with Crippen molar-refractivity contribution >= 4 is 11.6 Å². The monoisotopic (exact) mass is 236 g/mol. The van der Waals surface area contributed by atoms with E-state index < -0.39 is 0 Å². The maximum Gasteiger partial charge on any atom is 0.164 e. The molecular weight excluding hydrogens is 224 g/mol. The second-order valence-electron chi connectivity index (χ2n) is 3.85. The third-order valence-corrected chi connectivity index (χ3v) is 2.95. The molecule has 2 aromatic heterocycles. The van der Waals surface area contributed by atoms with E-state index in [2.05, 4.69) is 15.1 Å². The molecular formula is C11H13ClN4. The van der Waals surface area contributed by atoms with Crippen LogP contribution in [0.5, 0.6) is 0 Å². The van der Waals surface area contributed by atoms with Crippen LogP contribution in [0.2, 0.25) is 5.15 Å². The number of aromatic nitrogens is 4. The van der Waals surface area contributed by atoms with Gasteiger partial charge in [0.05, 0.1) is 11.3 Å². The van der Waals surface area contributed by atoms with Crippen LogP contribution in [0.1, 0.15) is 17.0 Å². The second kappa shape index (κ2) is 3.87. The van der Waals surface area contributed by atoms with E-state index in [1.54, 1.807) is 4.68 Å². The van der Waals surface area contributed by atoms with Gasteiger partial charge in [-0.1, -0.05) is 11.6 Å². The average molecular weight is 237 g/mol. The van der Waals surface area contributed by atoms with Crippen molar-refractivity contribution in [1.82, 2.24) is 19.7 Å². The van der Waals surface area contributed by atoms with Gasteiger partial charge in [0.15, 0.2) is 5.82 Å². The maximum absolute atomic E-state index is 6.05. The molecule has 4 nitrogen and oxygen atoms in total. The van der Waals surface area contributed by atoms with Crippen molar-refractivity contribution in [2.24, 2.45) is 7.05 Å². The van der Waals surface area contributed by atoms with Crippen LogP contribution in [0.4, 0.5) is 0 Å². The largest absolute Gasteiger partial charge is 0.275 e. The highest BCUT2D eigenvalue weighted by molar-refractivity contribution is 6.30. The third-order valence-electron chi connectivity index (χ3n) is 2.58. The number of halogens is 1. The Morgan fingerprint density at radius 2 is 1.81 bits per heavy atom. The first-order chi connectivity index (χ1) is 7.49. The summed E-state index contributed by atoms with van der Waals surface area (Å²) >= 11 is 6.05. The van der Waals surface area contributed by atoms with Crippen molar-refractivity contribution in [2.75, 3.05) is 0 Å². The molecule has 0 N–H and O–H groups in total. The maximum atomic E-state index is 6.05. The molecule has 2 aromatic rings. The van der Waals surface area contributed by atoms with Crippen LogP contribution in [0.15, 0.2) is 6.20 Å². The molecule has 5 heteroatoms. The highest BCUT2D eigenvalue weighted by atomic mass is 35.5. The fraction of sp³-hybridized carbons (Fsp3) is 0.364. The Labute approximate surface area is 99.3 Å². The van der Waals surface area contributed by atoms with Crippen molar-refractivity contribution in [1.29, 1.82) is 0 Å². The average Bonchev–Trinajstić information content (AvgIpc) is 2.53. The van der Waals surface area contributed by atoms with Crippen molar-refractivity contribution in [3.63, 3.8) is 0 Å². The summed E-state index contributed by atoms with van der Waals surface area (Å²) in [6, 6.07) is 0. The standard InChI is InChI=1S/C11H13ClN4/c1-6-7(2)13-11(14-10(6)12)9-5-16(4)15-8(9)3/h5H,1-4H3. The van der Waals surface area contributed by atoms with Crippen LogP contribution >= 0.6 is 11.6 Å². The predicted octanol–water partition coefficient (Wildman–Crippen LogP) is 2.46. The molecule has 0 atom stereocenters. The number of rotatable bonds is 1. The van der Waals surface area contributed by atoms with Gasteiger partial charge in [-0.3, -0.25) is 4.68 Å². The van der Waals surface area contributed by atoms with Crippen molar-refractivity contribution in [3.05, 3.63) is 28.3 Å². The topological polar surface area (TPSA) is 43.6 Å². The summed E-state index contributed by atoms with van der Waals surface area (Å²) in [4.78, 5) is 8.71. The van der Waals surface area contributed by atoms with Gasteiger partial charge in [0, 0.05) is 24.5 Å². The Hall–Kier alpha value is -1.42. The highest BCUT2D eigenvalue weighted by Crippen LogP contribution is 2.23. The minimum Gasteiger partial charge on any atom is -0.275 e. The van der Waals surface area contributed by atoms with Crippen LogP contribution in [0, 0.1) is 20.8 Å². The molecule has 2 rings (SSSR count). The molecule has 16 heavy (non-hydrogen) atoms. The second-order valence-corrected chi connectivity index (χ2v) is 4.21. The summed E-state index contributed by atoms with van der Waals surface area (Å²) in [5, 5.41) is 4.77. The van der Waals surface area contributed by atoms with E-state index in [9.17, 15) is 0 Å². The van der Waals surface area contributed by atoms with Crippen molar-refractivity contribution < 1.29 is 0 Å². The summed E-state index contributed by atoms with van der Waals surface area (Å²) in [6.07, 6.45) is 1.90. The van der Waals surface area contributed by atoms with Gasteiger partial charge in [-0.25, -0.2) is 9.97 Å². The van der Waals surface area contributed by atoms with Gasteiger partial charge in [0.25, 0.3) is 0 Å². The molecule has 0 aliphatic heterocycles. The molecule has 2 heterocycles. The number of hydrogen-bond donors (Lipinski definition) is 0. The Kier molecular flexibility index (Phi) is 2.68. The fourth-order valence-corrected chi connectivity index (χ4v) is 1.75. The van der Waals surface area contributed by atoms with Gasteiger partial charge in [-0.05, 0) is 20.8 Å².